The molecule has 1 unspecified atom stereocenters. The van der Waals surface area contributed by atoms with E-state index in [4.69, 9.17) is 0 Å². The van der Waals surface area contributed by atoms with Gasteiger partial charge in [0.1, 0.15) is 11.6 Å². The molecule has 0 fully saturated rings. The van der Waals surface area contributed by atoms with E-state index in [1.165, 1.54) is 12.1 Å². The highest BCUT2D eigenvalue weighted by Gasteiger charge is 2.08. The van der Waals surface area contributed by atoms with Gasteiger partial charge in [0.15, 0.2) is 0 Å². The first-order valence-corrected chi connectivity index (χ1v) is 7.72. The van der Waals surface area contributed by atoms with Crippen LogP contribution in [0, 0.1) is 11.6 Å². The molecule has 2 aromatic rings. The fraction of sp³-hybridized carbons (Fsp3) is 0.278. The molecule has 0 saturated heterocycles. The molecule has 0 aliphatic heterocycles. The second kappa shape index (κ2) is 8.98. The number of urea groups is 1. The molecule has 2 amide bonds. The summed E-state index contributed by atoms with van der Waals surface area (Å²) in [4.78, 5) is 11.6. The average molecular weight is 334 g/mol. The zero-order valence-corrected chi connectivity index (χ0v) is 13.1. The van der Waals surface area contributed by atoms with Crippen LogP contribution < -0.4 is 10.6 Å². The third-order valence-electron chi connectivity index (χ3n) is 3.51. The molecule has 0 radical (unpaired) electrons. The van der Waals surface area contributed by atoms with Crippen molar-refractivity contribution in [3.63, 3.8) is 0 Å². The Labute approximate surface area is 139 Å². The van der Waals surface area contributed by atoms with Gasteiger partial charge in [-0.15, -0.1) is 0 Å². The lowest BCUT2D eigenvalue weighted by Crippen LogP contribution is -2.41. The van der Waals surface area contributed by atoms with Gasteiger partial charge in [-0.3, -0.25) is 0 Å². The minimum Gasteiger partial charge on any atom is -0.391 e. The molecule has 2 rings (SSSR count). The van der Waals surface area contributed by atoms with Crippen LogP contribution in [0.5, 0.6) is 0 Å². The standard InChI is InChI=1S/C18H20F2N2O2/c19-15-7-6-14(17(20)11-15)8-9-21-18(24)22-12-16(23)10-13-4-2-1-3-5-13/h1-7,11,16,23H,8-10,12H2,(H2,21,22,24). The van der Waals surface area contributed by atoms with Crippen molar-refractivity contribution in [3.8, 4) is 0 Å². The van der Waals surface area contributed by atoms with E-state index in [9.17, 15) is 18.7 Å². The van der Waals surface area contributed by atoms with Crippen molar-refractivity contribution >= 4 is 6.03 Å². The Morgan fingerprint density at radius 1 is 1.08 bits per heavy atom. The molecular formula is C18H20F2N2O2. The molecule has 0 bridgehead atoms. The number of rotatable bonds is 7. The monoisotopic (exact) mass is 334 g/mol. The molecule has 0 heterocycles. The topological polar surface area (TPSA) is 61.4 Å². The number of aliphatic hydroxyl groups excluding tert-OH is 1. The van der Waals surface area contributed by atoms with Crippen LogP contribution in [0.1, 0.15) is 11.1 Å². The molecule has 3 N–H and O–H groups in total. The number of benzene rings is 2. The molecular weight excluding hydrogens is 314 g/mol. The Balaban J connectivity index is 1.66. The number of carbonyl (C=O) groups is 1. The van der Waals surface area contributed by atoms with Crippen LogP contribution in [-0.2, 0) is 12.8 Å². The van der Waals surface area contributed by atoms with Gasteiger partial charge < -0.3 is 15.7 Å². The Kier molecular flexibility index (Phi) is 6.69. The summed E-state index contributed by atoms with van der Waals surface area (Å²) in [7, 11) is 0. The molecule has 0 aromatic heterocycles. The van der Waals surface area contributed by atoms with Gasteiger partial charge in [-0.25, -0.2) is 13.6 Å². The van der Waals surface area contributed by atoms with Crippen LogP contribution >= 0.6 is 0 Å². The Hall–Kier alpha value is -2.47. The molecule has 0 aliphatic carbocycles. The number of aliphatic hydroxyl groups is 1. The number of hydrogen-bond donors (Lipinski definition) is 3. The van der Waals surface area contributed by atoms with E-state index in [0.717, 1.165) is 11.6 Å². The maximum atomic E-state index is 13.4. The van der Waals surface area contributed by atoms with Gasteiger partial charge in [-0.2, -0.15) is 0 Å². The van der Waals surface area contributed by atoms with Crippen LogP contribution in [0.15, 0.2) is 48.5 Å². The van der Waals surface area contributed by atoms with Crippen LogP contribution in [0.25, 0.3) is 0 Å². The fourth-order valence-corrected chi connectivity index (χ4v) is 2.27. The van der Waals surface area contributed by atoms with E-state index in [-0.39, 0.29) is 19.5 Å². The van der Waals surface area contributed by atoms with Crippen LogP contribution in [-0.4, -0.2) is 30.3 Å². The van der Waals surface area contributed by atoms with Gasteiger partial charge in [0.2, 0.25) is 0 Å². The summed E-state index contributed by atoms with van der Waals surface area (Å²) in [6, 6.07) is 12.4. The zero-order valence-electron chi connectivity index (χ0n) is 13.1. The molecule has 4 nitrogen and oxygen atoms in total. The zero-order chi connectivity index (χ0) is 17.4. The van der Waals surface area contributed by atoms with Crippen molar-refractivity contribution in [2.75, 3.05) is 13.1 Å². The van der Waals surface area contributed by atoms with E-state index in [0.29, 0.717) is 12.0 Å². The summed E-state index contributed by atoms with van der Waals surface area (Å²) in [6.07, 6.45) is 0.0151. The second-order valence-corrected chi connectivity index (χ2v) is 5.47. The molecule has 0 spiro atoms. The van der Waals surface area contributed by atoms with Crippen molar-refractivity contribution in [1.82, 2.24) is 10.6 Å². The van der Waals surface area contributed by atoms with Crippen molar-refractivity contribution < 1.29 is 18.7 Å². The van der Waals surface area contributed by atoms with Crippen LogP contribution in [0.4, 0.5) is 13.6 Å². The predicted molar refractivity (Wildman–Crippen MR) is 87.6 cm³/mol. The largest absolute Gasteiger partial charge is 0.391 e. The lowest BCUT2D eigenvalue weighted by Gasteiger charge is -2.13. The summed E-state index contributed by atoms with van der Waals surface area (Å²) < 4.78 is 26.2. The highest BCUT2D eigenvalue weighted by molar-refractivity contribution is 5.73. The maximum absolute atomic E-state index is 13.4. The Morgan fingerprint density at radius 2 is 1.83 bits per heavy atom. The molecule has 0 saturated carbocycles. The van der Waals surface area contributed by atoms with Crippen LogP contribution in [0.3, 0.4) is 0 Å². The summed E-state index contributed by atoms with van der Waals surface area (Å²) in [5, 5.41) is 15.0. The second-order valence-electron chi connectivity index (χ2n) is 5.47. The van der Waals surface area contributed by atoms with E-state index in [2.05, 4.69) is 10.6 Å². The van der Waals surface area contributed by atoms with Gasteiger partial charge >= 0.3 is 6.03 Å². The molecule has 24 heavy (non-hydrogen) atoms. The minimum atomic E-state index is -0.687. The quantitative estimate of drug-likeness (QED) is 0.728. The Bertz CT molecular complexity index is 665. The van der Waals surface area contributed by atoms with Crippen LogP contribution in [0.2, 0.25) is 0 Å². The third-order valence-corrected chi connectivity index (χ3v) is 3.51. The van der Waals surface area contributed by atoms with Gasteiger partial charge in [0, 0.05) is 25.6 Å². The first kappa shape index (κ1) is 17.9. The lowest BCUT2D eigenvalue weighted by atomic mass is 10.1. The number of halogens is 2. The first-order chi connectivity index (χ1) is 11.5. The highest BCUT2D eigenvalue weighted by Crippen LogP contribution is 2.09. The number of hydrogen-bond acceptors (Lipinski definition) is 2. The van der Waals surface area contributed by atoms with Crippen molar-refractivity contribution in [3.05, 3.63) is 71.3 Å². The van der Waals surface area contributed by atoms with E-state index < -0.39 is 23.8 Å². The van der Waals surface area contributed by atoms with E-state index in [1.807, 2.05) is 30.3 Å². The smallest absolute Gasteiger partial charge is 0.314 e. The molecule has 0 aliphatic rings. The summed E-state index contributed by atoms with van der Waals surface area (Å²) in [5.41, 5.74) is 1.32. The van der Waals surface area contributed by atoms with E-state index in [1.54, 1.807) is 0 Å². The van der Waals surface area contributed by atoms with Gasteiger partial charge in [-0.05, 0) is 23.6 Å². The Morgan fingerprint density at radius 3 is 2.54 bits per heavy atom. The predicted octanol–water partition coefficient (Wildman–Crippen LogP) is 2.41. The maximum Gasteiger partial charge on any atom is 0.314 e. The SMILES string of the molecule is O=C(NCCc1ccc(F)cc1F)NCC(O)Cc1ccccc1. The molecule has 2 aromatic carbocycles. The summed E-state index contributed by atoms with van der Waals surface area (Å²) >= 11 is 0. The molecule has 6 heteroatoms. The van der Waals surface area contributed by atoms with Gasteiger partial charge in [0.25, 0.3) is 0 Å². The number of nitrogens with one attached hydrogen (secondary N) is 2. The molecule has 128 valence electrons. The summed E-state index contributed by atoms with van der Waals surface area (Å²) in [6.45, 7) is 0.328. The van der Waals surface area contributed by atoms with Gasteiger partial charge in [0.05, 0.1) is 6.10 Å². The fourth-order valence-electron chi connectivity index (χ4n) is 2.27. The van der Waals surface area contributed by atoms with Crippen molar-refractivity contribution in [2.24, 2.45) is 0 Å². The highest BCUT2D eigenvalue weighted by atomic mass is 19.1. The number of amides is 2. The third kappa shape index (κ3) is 5.96. The average Bonchev–Trinajstić information content (AvgIpc) is 2.56. The number of carbonyl (C=O) groups excluding carboxylic acids is 1. The normalized spacial score (nSPS) is 11.8. The van der Waals surface area contributed by atoms with E-state index >= 15 is 0 Å². The first-order valence-electron chi connectivity index (χ1n) is 7.72. The van der Waals surface area contributed by atoms with Crippen molar-refractivity contribution in [1.29, 1.82) is 0 Å². The van der Waals surface area contributed by atoms with Gasteiger partial charge in [-0.1, -0.05) is 36.4 Å². The molecule has 1 atom stereocenters. The minimum absolute atomic E-state index is 0.117. The summed E-state index contributed by atoms with van der Waals surface area (Å²) in [5.74, 6) is -1.26. The van der Waals surface area contributed by atoms with Crippen molar-refractivity contribution in [2.45, 2.75) is 18.9 Å². The lowest BCUT2D eigenvalue weighted by molar-refractivity contribution is 0.170.